The summed E-state index contributed by atoms with van der Waals surface area (Å²) >= 11 is 5.87. The summed E-state index contributed by atoms with van der Waals surface area (Å²) in [6, 6.07) is 5.26. The lowest BCUT2D eigenvalue weighted by molar-refractivity contribution is 0.410. The van der Waals surface area contributed by atoms with Gasteiger partial charge in [0.1, 0.15) is 5.75 Å². The van der Waals surface area contributed by atoms with E-state index in [-0.39, 0.29) is 6.54 Å². The van der Waals surface area contributed by atoms with Crippen LogP contribution in [0.15, 0.2) is 23.2 Å². The Kier molecular flexibility index (Phi) is 3.50. The predicted molar refractivity (Wildman–Crippen MR) is 49.8 cm³/mol. The number of ether oxygens (including phenoxy) is 1. The van der Waals surface area contributed by atoms with Crippen molar-refractivity contribution in [2.24, 2.45) is 4.99 Å². The van der Waals surface area contributed by atoms with Crippen molar-refractivity contribution < 1.29 is 9.53 Å². The second-order valence-electron chi connectivity index (χ2n) is 2.33. The zero-order chi connectivity index (χ0) is 9.68. The van der Waals surface area contributed by atoms with Crippen molar-refractivity contribution in [2.45, 2.75) is 6.54 Å². The van der Waals surface area contributed by atoms with Gasteiger partial charge in [-0.2, -0.15) is 0 Å². The van der Waals surface area contributed by atoms with Crippen molar-refractivity contribution in [2.75, 3.05) is 7.11 Å². The van der Waals surface area contributed by atoms with Gasteiger partial charge < -0.3 is 4.74 Å². The van der Waals surface area contributed by atoms with Crippen LogP contribution in [0.5, 0.6) is 5.75 Å². The largest absolute Gasteiger partial charge is 0.496 e. The Labute approximate surface area is 81.0 Å². The normalized spacial score (nSPS) is 9.08. The minimum Gasteiger partial charge on any atom is -0.496 e. The standard InChI is InChI=1S/C9H8ClNO2/c1-13-9-4-2-3-8(10)7(9)5-11-6-12/h2-4H,5H2,1H3. The van der Waals surface area contributed by atoms with Crippen LogP contribution in [-0.2, 0) is 11.3 Å². The van der Waals surface area contributed by atoms with E-state index < -0.39 is 0 Å². The topological polar surface area (TPSA) is 38.7 Å². The number of halogens is 1. The van der Waals surface area contributed by atoms with Gasteiger partial charge in [0.05, 0.1) is 13.7 Å². The molecule has 0 saturated heterocycles. The fraction of sp³-hybridized carbons (Fsp3) is 0.222. The smallest absolute Gasteiger partial charge is 0.235 e. The molecule has 3 nitrogen and oxygen atoms in total. The molecule has 0 aliphatic carbocycles. The van der Waals surface area contributed by atoms with Crippen LogP contribution in [0.4, 0.5) is 0 Å². The monoisotopic (exact) mass is 197 g/mol. The quantitative estimate of drug-likeness (QED) is 0.550. The van der Waals surface area contributed by atoms with E-state index in [0.717, 1.165) is 0 Å². The fourth-order valence-corrected chi connectivity index (χ4v) is 1.22. The first-order chi connectivity index (χ1) is 6.29. The lowest BCUT2D eigenvalue weighted by Gasteiger charge is -2.06. The third kappa shape index (κ3) is 2.31. The lowest BCUT2D eigenvalue weighted by atomic mass is 10.2. The maximum Gasteiger partial charge on any atom is 0.235 e. The molecule has 0 atom stereocenters. The van der Waals surface area contributed by atoms with E-state index in [9.17, 15) is 4.79 Å². The molecule has 68 valence electrons. The number of benzene rings is 1. The van der Waals surface area contributed by atoms with Gasteiger partial charge >= 0.3 is 0 Å². The maximum atomic E-state index is 9.91. The summed E-state index contributed by atoms with van der Waals surface area (Å²) in [5, 5.41) is 0.540. The third-order valence-corrected chi connectivity index (χ3v) is 1.95. The number of methoxy groups -OCH3 is 1. The zero-order valence-corrected chi connectivity index (χ0v) is 7.84. The number of isocyanates is 1. The highest BCUT2D eigenvalue weighted by Gasteiger charge is 2.05. The van der Waals surface area contributed by atoms with E-state index in [4.69, 9.17) is 16.3 Å². The number of hydrogen-bond donors (Lipinski definition) is 0. The molecule has 1 rings (SSSR count). The fourth-order valence-electron chi connectivity index (χ4n) is 0.995. The Morgan fingerprint density at radius 2 is 2.38 bits per heavy atom. The predicted octanol–water partition coefficient (Wildman–Crippen LogP) is 2.18. The van der Waals surface area contributed by atoms with Gasteiger partial charge in [-0.15, -0.1) is 0 Å². The first-order valence-corrected chi connectivity index (χ1v) is 4.02. The average Bonchev–Trinajstić information content (AvgIpc) is 2.15. The summed E-state index contributed by atoms with van der Waals surface area (Å²) in [5.41, 5.74) is 0.704. The van der Waals surface area contributed by atoms with Gasteiger partial charge in [-0.1, -0.05) is 17.7 Å². The summed E-state index contributed by atoms with van der Waals surface area (Å²) in [4.78, 5) is 13.4. The summed E-state index contributed by atoms with van der Waals surface area (Å²) in [7, 11) is 1.54. The van der Waals surface area contributed by atoms with Gasteiger partial charge in [-0.25, -0.2) is 9.79 Å². The van der Waals surface area contributed by atoms with E-state index in [1.807, 2.05) is 0 Å². The third-order valence-electron chi connectivity index (χ3n) is 1.60. The Balaban J connectivity index is 3.06. The van der Waals surface area contributed by atoms with Crippen LogP contribution in [0.2, 0.25) is 5.02 Å². The number of nitrogens with zero attached hydrogens (tertiary/aromatic N) is 1. The van der Waals surface area contributed by atoms with Gasteiger partial charge in [-0.05, 0) is 12.1 Å². The molecule has 4 heteroatoms. The summed E-state index contributed by atoms with van der Waals surface area (Å²) in [5.74, 6) is 0.631. The molecule has 13 heavy (non-hydrogen) atoms. The van der Waals surface area contributed by atoms with Crippen LogP contribution in [0.25, 0.3) is 0 Å². The summed E-state index contributed by atoms with van der Waals surface area (Å²) < 4.78 is 5.05. The second-order valence-corrected chi connectivity index (χ2v) is 2.74. The highest BCUT2D eigenvalue weighted by Crippen LogP contribution is 2.26. The maximum absolute atomic E-state index is 9.91. The van der Waals surface area contributed by atoms with E-state index in [0.29, 0.717) is 16.3 Å². The molecule has 0 saturated carbocycles. The molecular formula is C9H8ClNO2. The Morgan fingerprint density at radius 3 is 3.00 bits per heavy atom. The summed E-state index contributed by atoms with van der Waals surface area (Å²) in [6.07, 6.45) is 1.46. The summed E-state index contributed by atoms with van der Waals surface area (Å²) in [6.45, 7) is 0.201. The molecule has 0 heterocycles. The Hall–Kier alpha value is -1.31. The van der Waals surface area contributed by atoms with Crippen molar-refractivity contribution in [3.05, 3.63) is 28.8 Å². The molecule has 0 N–H and O–H groups in total. The van der Waals surface area contributed by atoms with Gasteiger partial charge in [0.15, 0.2) is 0 Å². The average molecular weight is 198 g/mol. The number of rotatable bonds is 3. The van der Waals surface area contributed by atoms with Crippen LogP contribution in [0.3, 0.4) is 0 Å². The van der Waals surface area contributed by atoms with Crippen molar-refractivity contribution in [1.82, 2.24) is 0 Å². The minimum atomic E-state index is 0.201. The van der Waals surface area contributed by atoms with E-state index in [1.54, 1.807) is 25.3 Å². The van der Waals surface area contributed by atoms with Crippen LogP contribution in [0, 0.1) is 0 Å². The lowest BCUT2D eigenvalue weighted by Crippen LogP contribution is -1.91. The highest BCUT2D eigenvalue weighted by atomic mass is 35.5. The van der Waals surface area contributed by atoms with Gasteiger partial charge in [-0.3, -0.25) is 0 Å². The molecule has 0 unspecified atom stereocenters. The van der Waals surface area contributed by atoms with Gasteiger partial charge in [0.25, 0.3) is 0 Å². The van der Waals surface area contributed by atoms with Crippen molar-refractivity contribution in [1.29, 1.82) is 0 Å². The molecule has 0 radical (unpaired) electrons. The highest BCUT2D eigenvalue weighted by molar-refractivity contribution is 6.31. The van der Waals surface area contributed by atoms with E-state index in [1.165, 1.54) is 6.08 Å². The molecule has 0 fully saturated rings. The van der Waals surface area contributed by atoms with Crippen LogP contribution < -0.4 is 4.74 Å². The van der Waals surface area contributed by atoms with Crippen molar-refractivity contribution >= 4 is 17.7 Å². The molecule has 0 amide bonds. The zero-order valence-electron chi connectivity index (χ0n) is 7.08. The van der Waals surface area contributed by atoms with E-state index in [2.05, 4.69) is 4.99 Å². The minimum absolute atomic E-state index is 0.201. The number of carbonyl (C=O) groups excluding carboxylic acids is 1. The molecule has 0 aromatic heterocycles. The molecule has 0 spiro atoms. The first-order valence-electron chi connectivity index (χ1n) is 3.64. The molecule has 0 aliphatic rings. The molecule has 1 aromatic carbocycles. The first kappa shape index (κ1) is 9.78. The molecule has 0 aliphatic heterocycles. The van der Waals surface area contributed by atoms with Crippen molar-refractivity contribution in [3.63, 3.8) is 0 Å². The Bertz CT molecular complexity index is 345. The van der Waals surface area contributed by atoms with Crippen LogP contribution >= 0.6 is 11.6 Å². The van der Waals surface area contributed by atoms with Gasteiger partial charge in [0.2, 0.25) is 6.08 Å². The van der Waals surface area contributed by atoms with Crippen molar-refractivity contribution in [3.8, 4) is 5.75 Å². The van der Waals surface area contributed by atoms with Crippen LogP contribution in [-0.4, -0.2) is 13.2 Å². The Morgan fingerprint density at radius 1 is 1.62 bits per heavy atom. The van der Waals surface area contributed by atoms with Crippen LogP contribution in [0.1, 0.15) is 5.56 Å². The molecular weight excluding hydrogens is 190 g/mol. The van der Waals surface area contributed by atoms with Gasteiger partial charge in [0, 0.05) is 10.6 Å². The second kappa shape index (κ2) is 4.65. The molecule has 0 bridgehead atoms. The number of hydrogen-bond acceptors (Lipinski definition) is 3. The van der Waals surface area contributed by atoms with E-state index >= 15 is 0 Å². The SMILES string of the molecule is COc1cccc(Cl)c1CN=C=O. The number of aliphatic imine (C=N–C) groups is 1. The molecule has 1 aromatic rings.